The van der Waals surface area contributed by atoms with Gasteiger partial charge < -0.3 is 14.9 Å². The quantitative estimate of drug-likeness (QED) is 0.456. The van der Waals surface area contributed by atoms with Crippen LogP contribution in [0.4, 0.5) is 34.2 Å². The topological polar surface area (TPSA) is 107 Å². The van der Waals surface area contributed by atoms with Crippen molar-refractivity contribution >= 4 is 57.4 Å². The molecule has 2 aromatic heterocycles. The molecule has 1 aliphatic rings. The Morgan fingerprint density at radius 2 is 1.97 bits per heavy atom. The van der Waals surface area contributed by atoms with Gasteiger partial charge in [0.25, 0.3) is 5.91 Å². The monoisotopic (exact) mass is 557 g/mol. The van der Waals surface area contributed by atoms with Crippen LogP contribution in [0.3, 0.4) is 0 Å². The zero-order valence-electron chi connectivity index (χ0n) is 18.6. The number of carboxylic acids is 1. The van der Waals surface area contributed by atoms with Gasteiger partial charge in [0.15, 0.2) is 10.9 Å². The van der Waals surface area contributed by atoms with Crippen molar-refractivity contribution in [2.45, 2.75) is 6.18 Å². The lowest BCUT2D eigenvalue weighted by Crippen LogP contribution is -2.52. The summed E-state index contributed by atoms with van der Waals surface area (Å²) in [5.41, 5.74) is -2.37. The third kappa shape index (κ3) is 5.49. The Morgan fingerprint density at radius 3 is 2.57 bits per heavy atom. The zero-order chi connectivity index (χ0) is 26.9. The fourth-order valence-electron chi connectivity index (χ4n) is 3.67. The molecule has 1 saturated heterocycles. The second kappa shape index (κ2) is 10.3. The Kier molecular flexibility index (Phi) is 7.32. The van der Waals surface area contributed by atoms with Crippen LogP contribution in [0.1, 0.15) is 15.9 Å². The molecule has 3 aromatic rings. The molecule has 15 heteroatoms. The summed E-state index contributed by atoms with van der Waals surface area (Å²) in [6.07, 6.45) is -2.58. The van der Waals surface area contributed by atoms with Crippen LogP contribution in [0.15, 0.2) is 42.0 Å². The van der Waals surface area contributed by atoms with Gasteiger partial charge in [0.2, 0.25) is 5.91 Å². The van der Waals surface area contributed by atoms with Crippen molar-refractivity contribution in [3.63, 3.8) is 0 Å². The standard InChI is InChI=1S/C22H16ClF4N5O4S/c23-14-8-12(9-29-19(14)31-6-5-30(11-17(34)35)16(33)10-31)20(36)32(21-28-4-7-37-21)15-3-1-2-13(18(15)24)22(25,26)27/h1-4,7-9H,5-6,10-11H2,(H,34,35). The molecule has 1 fully saturated rings. The van der Waals surface area contributed by atoms with Crippen LogP contribution in [-0.4, -0.2) is 63.9 Å². The maximum Gasteiger partial charge on any atom is 0.419 e. The molecule has 0 saturated carbocycles. The lowest BCUT2D eigenvalue weighted by atomic mass is 10.1. The summed E-state index contributed by atoms with van der Waals surface area (Å²) in [5.74, 6) is -4.04. The van der Waals surface area contributed by atoms with E-state index in [0.717, 1.165) is 29.7 Å². The van der Waals surface area contributed by atoms with Gasteiger partial charge in [-0.2, -0.15) is 13.2 Å². The predicted octanol–water partition coefficient (Wildman–Crippen LogP) is 4.06. The summed E-state index contributed by atoms with van der Waals surface area (Å²) in [5, 5.41) is 10.2. The Morgan fingerprint density at radius 1 is 1.22 bits per heavy atom. The molecule has 37 heavy (non-hydrogen) atoms. The van der Waals surface area contributed by atoms with Crippen molar-refractivity contribution in [3.8, 4) is 0 Å². The van der Waals surface area contributed by atoms with Crippen LogP contribution in [0.25, 0.3) is 0 Å². The number of hydrogen-bond acceptors (Lipinski definition) is 7. The van der Waals surface area contributed by atoms with E-state index in [9.17, 15) is 31.9 Å². The maximum atomic E-state index is 15.0. The number of pyridine rings is 1. The number of alkyl halides is 3. The highest BCUT2D eigenvalue weighted by atomic mass is 35.5. The van der Waals surface area contributed by atoms with Crippen LogP contribution >= 0.6 is 22.9 Å². The number of piperazine rings is 1. The van der Waals surface area contributed by atoms with Crippen molar-refractivity contribution in [3.05, 3.63) is 64.0 Å². The highest BCUT2D eigenvalue weighted by molar-refractivity contribution is 7.14. The second-order valence-electron chi connectivity index (χ2n) is 7.75. The number of carboxylic acid groups (broad SMARTS) is 1. The van der Waals surface area contributed by atoms with Gasteiger partial charge in [-0.15, -0.1) is 11.3 Å². The summed E-state index contributed by atoms with van der Waals surface area (Å²) < 4.78 is 54.9. The number of carbonyl (C=O) groups excluding carboxylic acids is 2. The van der Waals surface area contributed by atoms with Crippen molar-refractivity contribution < 1.29 is 37.1 Å². The summed E-state index contributed by atoms with van der Waals surface area (Å²) in [4.78, 5) is 48.1. The summed E-state index contributed by atoms with van der Waals surface area (Å²) in [6.45, 7) is -0.315. The molecule has 4 rings (SSSR count). The molecular weight excluding hydrogens is 542 g/mol. The maximum absolute atomic E-state index is 15.0. The van der Waals surface area contributed by atoms with E-state index in [1.165, 1.54) is 27.4 Å². The Labute approximate surface area is 215 Å². The number of anilines is 3. The number of nitrogens with zero attached hydrogens (tertiary/aromatic N) is 5. The number of hydrogen-bond donors (Lipinski definition) is 1. The van der Waals surface area contributed by atoms with E-state index in [1.807, 2.05) is 0 Å². The number of aromatic nitrogens is 2. The first-order chi connectivity index (χ1) is 17.5. The van der Waals surface area contributed by atoms with E-state index in [0.29, 0.717) is 11.0 Å². The molecule has 0 radical (unpaired) electrons. The largest absolute Gasteiger partial charge is 0.480 e. The number of carbonyl (C=O) groups is 3. The number of aliphatic carboxylic acids is 1. The molecule has 0 spiro atoms. The lowest BCUT2D eigenvalue weighted by molar-refractivity contribution is -0.144. The minimum absolute atomic E-state index is 0.0473. The minimum atomic E-state index is -4.99. The summed E-state index contributed by atoms with van der Waals surface area (Å²) in [7, 11) is 0. The minimum Gasteiger partial charge on any atom is -0.480 e. The molecule has 1 aliphatic heterocycles. The van der Waals surface area contributed by atoms with Gasteiger partial charge in [0, 0.05) is 30.9 Å². The van der Waals surface area contributed by atoms with Crippen LogP contribution in [-0.2, 0) is 15.8 Å². The molecule has 0 aliphatic carbocycles. The molecule has 0 bridgehead atoms. The third-order valence-corrected chi connectivity index (χ3v) is 6.39. The van der Waals surface area contributed by atoms with Gasteiger partial charge in [-0.05, 0) is 18.2 Å². The first kappa shape index (κ1) is 26.3. The predicted molar refractivity (Wildman–Crippen MR) is 126 cm³/mol. The summed E-state index contributed by atoms with van der Waals surface area (Å²) >= 11 is 7.24. The Bertz CT molecular complexity index is 1360. The molecule has 0 atom stereocenters. The van der Waals surface area contributed by atoms with Gasteiger partial charge in [0.05, 0.1) is 28.4 Å². The van der Waals surface area contributed by atoms with E-state index in [1.54, 1.807) is 0 Å². The molecular formula is C22H16ClF4N5O4S. The lowest BCUT2D eigenvalue weighted by Gasteiger charge is -2.34. The molecule has 1 aromatic carbocycles. The normalized spacial score (nSPS) is 14.1. The van der Waals surface area contributed by atoms with Crippen LogP contribution < -0.4 is 9.80 Å². The third-order valence-electron chi connectivity index (χ3n) is 5.35. The number of rotatable bonds is 6. The van der Waals surface area contributed by atoms with Crippen LogP contribution in [0.2, 0.25) is 5.02 Å². The number of halogens is 5. The van der Waals surface area contributed by atoms with Gasteiger partial charge in [-0.3, -0.25) is 14.4 Å². The van der Waals surface area contributed by atoms with Gasteiger partial charge in [-0.1, -0.05) is 17.7 Å². The first-order valence-corrected chi connectivity index (χ1v) is 11.7. The molecule has 2 amide bonds. The van der Waals surface area contributed by atoms with Gasteiger partial charge in [0.1, 0.15) is 12.4 Å². The van der Waals surface area contributed by atoms with Crippen molar-refractivity contribution in [1.29, 1.82) is 0 Å². The highest BCUT2D eigenvalue weighted by Crippen LogP contribution is 2.38. The van der Waals surface area contributed by atoms with E-state index < -0.39 is 47.6 Å². The van der Waals surface area contributed by atoms with Gasteiger partial charge >= 0.3 is 12.1 Å². The smallest absolute Gasteiger partial charge is 0.419 e. The highest BCUT2D eigenvalue weighted by Gasteiger charge is 2.37. The van der Waals surface area contributed by atoms with E-state index in [-0.39, 0.29) is 41.2 Å². The van der Waals surface area contributed by atoms with Crippen molar-refractivity contribution in [2.24, 2.45) is 0 Å². The van der Waals surface area contributed by atoms with Crippen molar-refractivity contribution in [1.82, 2.24) is 14.9 Å². The fourth-order valence-corrected chi connectivity index (χ4v) is 4.60. The fraction of sp³-hybridized carbons (Fsp3) is 0.227. The molecule has 9 nitrogen and oxygen atoms in total. The molecule has 3 heterocycles. The number of thiazole rings is 1. The average Bonchev–Trinajstić information content (AvgIpc) is 3.35. The first-order valence-electron chi connectivity index (χ1n) is 10.5. The van der Waals surface area contributed by atoms with E-state index >= 15 is 0 Å². The van der Waals surface area contributed by atoms with E-state index in [2.05, 4.69) is 9.97 Å². The van der Waals surface area contributed by atoms with Crippen LogP contribution in [0.5, 0.6) is 0 Å². The summed E-state index contributed by atoms with van der Waals surface area (Å²) in [6, 6.07) is 3.76. The van der Waals surface area contributed by atoms with Crippen LogP contribution in [0, 0.1) is 5.82 Å². The number of amides is 2. The van der Waals surface area contributed by atoms with Crippen molar-refractivity contribution in [2.75, 3.05) is 36.0 Å². The Hall–Kier alpha value is -3.78. The molecule has 0 unspecified atom stereocenters. The Balaban J connectivity index is 1.65. The SMILES string of the molecule is O=C(O)CN1CCN(c2ncc(C(=O)N(c3nccs3)c3cccc(C(F)(F)F)c3F)cc2Cl)CC1=O. The second-order valence-corrected chi connectivity index (χ2v) is 9.03. The average molecular weight is 558 g/mol. The molecule has 1 N–H and O–H groups in total. The van der Waals surface area contributed by atoms with Gasteiger partial charge in [-0.25, -0.2) is 19.3 Å². The van der Waals surface area contributed by atoms with E-state index in [4.69, 9.17) is 16.7 Å². The number of benzene rings is 1. The zero-order valence-corrected chi connectivity index (χ0v) is 20.1. The molecule has 194 valence electrons.